The molecule has 0 aliphatic rings. The van der Waals surface area contributed by atoms with Crippen LogP contribution >= 0.6 is 0 Å². The van der Waals surface area contributed by atoms with Gasteiger partial charge < -0.3 is 4.98 Å². The van der Waals surface area contributed by atoms with Crippen LogP contribution in [0.25, 0.3) is 11.4 Å². The van der Waals surface area contributed by atoms with Crippen molar-refractivity contribution < 1.29 is 13.2 Å². The van der Waals surface area contributed by atoms with Crippen molar-refractivity contribution in [2.75, 3.05) is 0 Å². The number of aromatic nitrogens is 3. The highest BCUT2D eigenvalue weighted by Gasteiger charge is 2.32. The molecule has 2 rings (SSSR count). The molecule has 0 amide bonds. The summed E-state index contributed by atoms with van der Waals surface area (Å²) in [6, 6.07) is 5.44. The molecule has 0 spiro atoms. The van der Waals surface area contributed by atoms with Gasteiger partial charge in [-0.1, -0.05) is 6.07 Å². The minimum Gasteiger partial charge on any atom is -0.302 e. The standard InChI is InChI=1S/C10H6F3N3O/c11-10(12,13)8-5-7(15-9(17)16-8)6-3-1-2-4-14-6/h1-5H,(H,15,16,17). The average molecular weight is 241 g/mol. The molecule has 0 bridgehead atoms. The summed E-state index contributed by atoms with van der Waals surface area (Å²) in [4.78, 5) is 19.9. The summed E-state index contributed by atoms with van der Waals surface area (Å²) >= 11 is 0. The fourth-order valence-electron chi connectivity index (χ4n) is 1.26. The van der Waals surface area contributed by atoms with Gasteiger partial charge in [-0.2, -0.15) is 18.2 Å². The lowest BCUT2D eigenvalue weighted by molar-refractivity contribution is -0.141. The largest absolute Gasteiger partial charge is 0.431 e. The van der Waals surface area contributed by atoms with Crippen molar-refractivity contribution in [3.05, 3.63) is 46.6 Å². The second kappa shape index (κ2) is 4.00. The van der Waals surface area contributed by atoms with E-state index in [1.807, 2.05) is 0 Å². The molecule has 0 aliphatic heterocycles. The van der Waals surface area contributed by atoms with Gasteiger partial charge >= 0.3 is 11.9 Å². The van der Waals surface area contributed by atoms with E-state index in [1.165, 1.54) is 12.3 Å². The predicted molar refractivity (Wildman–Crippen MR) is 53.1 cm³/mol. The molecule has 17 heavy (non-hydrogen) atoms. The molecule has 0 aliphatic carbocycles. The molecular weight excluding hydrogens is 235 g/mol. The lowest BCUT2D eigenvalue weighted by Gasteiger charge is -2.07. The minimum atomic E-state index is -4.62. The lowest BCUT2D eigenvalue weighted by atomic mass is 10.2. The van der Waals surface area contributed by atoms with Crippen molar-refractivity contribution in [3.63, 3.8) is 0 Å². The van der Waals surface area contributed by atoms with Gasteiger partial charge in [-0.3, -0.25) is 4.98 Å². The third kappa shape index (κ3) is 2.49. The molecular formula is C10H6F3N3O. The monoisotopic (exact) mass is 241 g/mol. The maximum absolute atomic E-state index is 12.4. The predicted octanol–water partition coefficient (Wildman–Crippen LogP) is 1.85. The molecule has 0 fully saturated rings. The number of aromatic amines is 1. The van der Waals surface area contributed by atoms with Crippen LogP contribution in [-0.4, -0.2) is 15.0 Å². The van der Waals surface area contributed by atoms with E-state index in [2.05, 4.69) is 9.97 Å². The maximum atomic E-state index is 12.4. The van der Waals surface area contributed by atoms with E-state index in [1.54, 1.807) is 17.1 Å². The van der Waals surface area contributed by atoms with Gasteiger partial charge in [-0.15, -0.1) is 0 Å². The van der Waals surface area contributed by atoms with Crippen molar-refractivity contribution in [1.29, 1.82) is 0 Å². The zero-order valence-corrected chi connectivity index (χ0v) is 8.32. The zero-order valence-electron chi connectivity index (χ0n) is 8.32. The van der Waals surface area contributed by atoms with E-state index >= 15 is 0 Å². The highest BCUT2D eigenvalue weighted by atomic mass is 19.4. The van der Waals surface area contributed by atoms with Crippen molar-refractivity contribution in [2.24, 2.45) is 0 Å². The summed E-state index contributed by atoms with van der Waals surface area (Å²) in [5.74, 6) is 0. The van der Waals surface area contributed by atoms with Gasteiger partial charge in [0, 0.05) is 6.20 Å². The van der Waals surface area contributed by atoms with E-state index in [9.17, 15) is 18.0 Å². The Labute approximate surface area is 93.2 Å². The summed E-state index contributed by atoms with van der Waals surface area (Å²) in [6.07, 6.45) is -3.21. The van der Waals surface area contributed by atoms with Gasteiger partial charge in [0.25, 0.3) is 0 Å². The van der Waals surface area contributed by atoms with Gasteiger partial charge in [-0.05, 0) is 18.2 Å². The molecule has 88 valence electrons. The van der Waals surface area contributed by atoms with E-state index in [0.717, 1.165) is 6.07 Å². The van der Waals surface area contributed by atoms with Crippen molar-refractivity contribution in [2.45, 2.75) is 6.18 Å². The fourth-order valence-corrected chi connectivity index (χ4v) is 1.26. The van der Waals surface area contributed by atoms with Crippen LogP contribution < -0.4 is 5.69 Å². The number of hydrogen-bond donors (Lipinski definition) is 1. The number of nitrogens with one attached hydrogen (secondary N) is 1. The van der Waals surface area contributed by atoms with E-state index in [-0.39, 0.29) is 11.4 Å². The first-order valence-corrected chi connectivity index (χ1v) is 4.57. The highest BCUT2D eigenvalue weighted by molar-refractivity contribution is 5.53. The van der Waals surface area contributed by atoms with Crippen molar-refractivity contribution in [3.8, 4) is 11.4 Å². The van der Waals surface area contributed by atoms with Crippen LogP contribution in [0.1, 0.15) is 5.69 Å². The Morgan fingerprint density at radius 2 is 1.94 bits per heavy atom. The molecule has 0 saturated heterocycles. The third-order valence-electron chi connectivity index (χ3n) is 1.98. The summed E-state index contributed by atoms with van der Waals surface area (Å²) in [7, 11) is 0. The topological polar surface area (TPSA) is 58.6 Å². The van der Waals surface area contributed by atoms with Crippen LogP contribution in [0.5, 0.6) is 0 Å². The Hall–Kier alpha value is -2.18. The van der Waals surface area contributed by atoms with Gasteiger partial charge in [0.15, 0.2) is 0 Å². The number of H-pyrrole nitrogens is 1. The van der Waals surface area contributed by atoms with Crippen LogP contribution in [-0.2, 0) is 6.18 Å². The Balaban J connectivity index is 2.58. The van der Waals surface area contributed by atoms with Gasteiger partial charge in [0.1, 0.15) is 5.69 Å². The molecule has 0 radical (unpaired) electrons. The minimum absolute atomic E-state index is 0.110. The molecule has 0 unspecified atom stereocenters. The van der Waals surface area contributed by atoms with E-state index < -0.39 is 17.6 Å². The number of nitrogens with zero attached hydrogens (tertiary/aromatic N) is 2. The molecule has 4 nitrogen and oxygen atoms in total. The van der Waals surface area contributed by atoms with Crippen molar-refractivity contribution in [1.82, 2.24) is 15.0 Å². The fraction of sp³-hybridized carbons (Fsp3) is 0.100. The van der Waals surface area contributed by atoms with Crippen LogP contribution in [0.15, 0.2) is 35.3 Å². The number of alkyl halides is 3. The van der Waals surface area contributed by atoms with Gasteiger partial charge in [0.2, 0.25) is 0 Å². The van der Waals surface area contributed by atoms with Crippen LogP contribution in [0.4, 0.5) is 13.2 Å². The molecule has 7 heteroatoms. The van der Waals surface area contributed by atoms with E-state index in [4.69, 9.17) is 0 Å². The average Bonchev–Trinajstić information content (AvgIpc) is 2.28. The Kier molecular flexibility index (Phi) is 2.66. The lowest BCUT2D eigenvalue weighted by Crippen LogP contribution is -2.19. The van der Waals surface area contributed by atoms with Crippen LogP contribution in [0.3, 0.4) is 0 Å². The maximum Gasteiger partial charge on any atom is 0.431 e. The number of pyridine rings is 1. The second-order valence-corrected chi connectivity index (χ2v) is 3.20. The van der Waals surface area contributed by atoms with Crippen LogP contribution in [0.2, 0.25) is 0 Å². The summed E-state index contributed by atoms with van der Waals surface area (Å²) in [5.41, 5.74) is -2.09. The van der Waals surface area contributed by atoms with Gasteiger partial charge in [-0.25, -0.2) is 4.79 Å². The summed E-state index contributed by atoms with van der Waals surface area (Å²) in [6.45, 7) is 0. The summed E-state index contributed by atoms with van der Waals surface area (Å²) in [5, 5.41) is 0. The van der Waals surface area contributed by atoms with Crippen LogP contribution in [0, 0.1) is 0 Å². The quantitative estimate of drug-likeness (QED) is 0.828. The SMILES string of the molecule is O=c1nc(-c2ccccn2)cc(C(F)(F)F)[nH]1. The number of halogens is 3. The Morgan fingerprint density at radius 1 is 1.18 bits per heavy atom. The third-order valence-corrected chi connectivity index (χ3v) is 1.98. The first-order chi connectivity index (χ1) is 7.97. The number of hydrogen-bond acceptors (Lipinski definition) is 3. The van der Waals surface area contributed by atoms with Crippen molar-refractivity contribution >= 4 is 0 Å². The van der Waals surface area contributed by atoms with E-state index in [0.29, 0.717) is 0 Å². The Bertz CT molecular complexity index is 577. The molecule has 0 atom stereocenters. The molecule has 2 aromatic heterocycles. The normalized spacial score (nSPS) is 11.5. The zero-order chi connectivity index (χ0) is 12.5. The summed E-state index contributed by atoms with van der Waals surface area (Å²) < 4.78 is 37.3. The van der Waals surface area contributed by atoms with Gasteiger partial charge in [0.05, 0.1) is 11.4 Å². The molecule has 2 aromatic rings. The molecule has 0 aromatic carbocycles. The number of rotatable bonds is 1. The first kappa shape index (κ1) is 11.3. The molecule has 2 heterocycles. The smallest absolute Gasteiger partial charge is 0.302 e. The molecule has 1 N–H and O–H groups in total. The molecule has 0 saturated carbocycles. The first-order valence-electron chi connectivity index (χ1n) is 4.57. The Morgan fingerprint density at radius 3 is 2.53 bits per heavy atom. The highest BCUT2D eigenvalue weighted by Crippen LogP contribution is 2.28. The second-order valence-electron chi connectivity index (χ2n) is 3.20.